The molecule has 2 saturated heterocycles. The molecule has 7 aromatic carbocycles. The van der Waals surface area contributed by atoms with Gasteiger partial charge in [-0.15, -0.1) is 0 Å². The van der Waals surface area contributed by atoms with Gasteiger partial charge in [0.1, 0.15) is 18.8 Å². The Balaban J connectivity index is 1.12. The van der Waals surface area contributed by atoms with E-state index in [0.717, 1.165) is 0 Å². The zero-order valence-corrected chi connectivity index (χ0v) is 41.8. The Labute approximate surface area is 452 Å². The number of hydrogen-bond acceptors (Lipinski definition) is 18. The van der Waals surface area contributed by atoms with E-state index in [1.807, 2.05) is 0 Å². The first-order valence-electron chi connectivity index (χ1n) is 24.9. The van der Waals surface area contributed by atoms with Crippen molar-refractivity contribution >= 4 is 41.8 Å². The van der Waals surface area contributed by atoms with E-state index >= 15 is 0 Å². The van der Waals surface area contributed by atoms with Gasteiger partial charge in [0.05, 0.1) is 45.6 Å². The number of aliphatic hydroxyl groups excluding tert-OH is 1. The van der Waals surface area contributed by atoms with Crippen molar-refractivity contribution in [1.29, 1.82) is 0 Å². The highest BCUT2D eigenvalue weighted by atomic mass is 16.7. The predicted octanol–water partition coefficient (Wildman–Crippen LogP) is 7.66. The average Bonchev–Trinajstić information content (AvgIpc) is 3.59. The normalized spacial score (nSPS) is 22.4. The lowest BCUT2D eigenvalue weighted by Crippen LogP contribution is -2.65. The van der Waals surface area contributed by atoms with Crippen LogP contribution in [-0.2, 0) is 47.4 Å². The second kappa shape index (κ2) is 26.1. The highest BCUT2D eigenvalue weighted by Crippen LogP contribution is 2.35. The van der Waals surface area contributed by atoms with Crippen molar-refractivity contribution in [3.8, 4) is 0 Å². The minimum Gasteiger partial charge on any atom is -0.459 e. The third-order valence-corrected chi connectivity index (χ3v) is 12.5. The van der Waals surface area contributed by atoms with Gasteiger partial charge < -0.3 is 52.5 Å². The van der Waals surface area contributed by atoms with Crippen LogP contribution in [0, 0.1) is 0 Å². The monoisotopic (exact) mass is 1070 g/mol. The minimum absolute atomic E-state index is 0.0249. The predicted molar refractivity (Wildman–Crippen MR) is 276 cm³/mol. The molecular weight excluding hydrogens is 1020 g/mol. The van der Waals surface area contributed by atoms with E-state index in [-0.39, 0.29) is 38.9 Å². The van der Waals surface area contributed by atoms with Gasteiger partial charge in [0.15, 0.2) is 49.2 Å². The molecule has 18 heteroatoms. The molecule has 79 heavy (non-hydrogen) atoms. The lowest BCUT2D eigenvalue weighted by molar-refractivity contribution is -0.323. The van der Waals surface area contributed by atoms with E-state index in [2.05, 4.69) is 0 Å². The number of esters is 7. The highest BCUT2D eigenvalue weighted by molar-refractivity contribution is 5.93. The molecule has 1 N–H and O–H groups in total. The van der Waals surface area contributed by atoms with Gasteiger partial charge in [-0.2, -0.15) is 0 Å². The minimum atomic E-state index is -2.12. The fraction of sp³-hybridized carbons (Fsp3) is 0.197. The van der Waals surface area contributed by atoms with Crippen LogP contribution in [-0.4, -0.2) is 122 Å². The Kier molecular flexibility index (Phi) is 18.0. The number of hydrogen-bond donors (Lipinski definition) is 1. The van der Waals surface area contributed by atoms with Crippen LogP contribution in [0.3, 0.4) is 0 Å². The first kappa shape index (κ1) is 54.5. The van der Waals surface area contributed by atoms with E-state index in [0.29, 0.717) is 0 Å². The third-order valence-electron chi connectivity index (χ3n) is 12.5. The Morgan fingerprint density at radius 2 is 0.557 bits per heavy atom. The SMILES string of the molecule is O=C(OC[C@H]1O[C@H](OC[C@H]2O[C@H](O)[C@H](OC(=O)c3ccccc3)[C@@H](OC(=O)c3ccccc3)[C@@H]2OC(=O)c2ccccc2)[C@@H](OC(=O)c2ccccc2)[C@@H](OC(=O)c2ccccc2)[C@@H]1OC(=O)c1ccccc1)c1ccccc1. The average molecular weight is 1070 g/mol. The van der Waals surface area contributed by atoms with Gasteiger partial charge in [0.2, 0.25) is 0 Å². The third kappa shape index (κ3) is 13.8. The lowest BCUT2D eigenvalue weighted by atomic mass is 9.96. The number of aliphatic hydroxyl groups is 1. The van der Waals surface area contributed by atoms with E-state index in [4.69, 9.17) is 47.4 Å². The molecule has 7 aromatic rings. The largest absolute Gasteiger partial charge is 0.459 e. The van der Waals surface area contributed by atoms with Crippen LogP contribution >= 0.6 is 0 Å². The standard InChI is InChI=1S/C61H50O18/c62-53(38-22-8-1-9-23-38)70-36-46-48(75-55(64)40-26-12-3-13-27-40)50(77-57(66)42-30-16-5-17-31-42)52(79-59(68)44-34-20-7-21-35-44)61(73-46)71-37-45-47(74-54(63)39-24-10-2-11-25-39)49(76-56(65)41-28-14-4-15-29-41)51(60(69)72-45)78-58(67)43-32-18-6-19-33-43/h1-35,45-52,60-61,69H,36-37H2/t45-,46-,47-,48-,49+,50+,51-,52+,60+,61+/m1/s1. The van der Waals surface area contributed by atoms with Gasteiger partial charge in [-0.1, -0.05) is 127 Å². The molecule has 0 saturated carbocycles. The van der Waals surface area contributed by atoms with Crippen LogP contribution in [0.1, 0.15) is 72.5 Å². The summed E-state index contributed by atoms with van der Waals surface area (Å²) in [6.45, 7) is -1.50. The fourth-order valence-electron chi connectivity index (χ4n) is 8.58. The molecule has 2 aliphatic rings. The molecule has 18 nitrogen and oxygen atoms in total. The molecule has 402 valence electrons. The van der Waals surface area contributed by atoms with E-state index in [1.54, 1.807) is 127 Å². The van der Waals surface area contributed by atoms with Crippen molar-refractivity contribution in [3.05, 3.63) is 251 Å². The summed E-state index contributed by atoms with van der Waals surface area (Å²) in [5, 5.41) is 11.9. The zero-order valence-electron chi connectivity index (χ0n) is 41.8. The Hall–Kier alpha value is -9.33. The van der Waals surface area contributed by atoms with Crippen molar-refractivity contribution in [3.63, 3.8) is 0 Å². The fourth-order valence-corrected chi connectivity index (χ4v) is 8.58. The molecule has 0 aliphatic carbocycles. The first-order valence-corrected chi connectivity index (χ1v) is 24.9. The molecule has 0 bridgehead atoms. The molecule has 0 radical (unpaired) electrons. The summed E-state index contributed by atoms with van der Waals surface area (Å²) in [6, 6.07) is 54.3. The molecule has 10 atom stereocenters. The summed E-state index contributed by atoms with van der Waals surface area (Å²) in [7, 11) is 0. The highest BCUT2D eigenvalue weighted by Gasteiger charge is 2.56. The Morgan fingerprint density at radius 3 is 0.886 bits per heavy atom. The summed E-state index contributed by atoms with van der Waals surface area (Å²) < 4.78 is 61.4. The van der Waals surface area contributed by atoms with Gasteiger partial charge in [-0.3, -0.25) is 0 Å². The number of carbonyl (C=O) groups is 7. The van der Waals surface area contributed by atoms with Crippen LogP contribution in [0.15, 0.2) is 212 Å². The molecule has 0 spiro atoms. The first-order chi connectivity index (χ1) is 38.5. The van der Waals surface area contributed by atoms with Gasteiger partial charge in [0.25, 0.3) is 0 Å². The second-order valence-corrected chi connectivity index (χ2v) is 17.8. The Morgan fingerprint density at radius 1 is 0.304 bits per heavy atom. The molecule has 0 unspecified atom stereocenters. The van der Waals surface area contributed by atoms with Crippen molar-refractivity contribution in [2.24, 2.45) is 0 Å². The maximum absolute atomic E-state index is 14.3. The summed E-state index contributed by atoms with van der Waals surface area (Å²) in [4.78, 5) is 98.0. The second-order valence-electron chi connectivity index (χ2n) is 17.8. The van der Waals surface area contributed by atoms with Crippen molar-refractivity contribution < 1.29 is 86.0 Å². The smallest absolute Gasteiger partial charge is 0.338 e. The van der Waals surface area contributed by atoms with Crippen LogP contribution in [0.5, 0.6) is 0 Å². The van der Waals surface area contributed by atoms with E-state index in [9.17, 15) is 38.7 Å². The van der Waals surface area contributed by atoms with Gasteiger partial charge >= 0.3 is 41.8 Å². The molecular formula is C61H50O18. The molecule has 2 aliphatic heterocycles. The maximum Gasteiger partial charge on any atom is 0.338 e. The molecule has 9 rings (SSSR count). The maximum atomic E-state index is 14.3. The van der Waals surface area contributed by atoms with E-state index in [1.165, 1.54) is 84.9 Å². The zero-order chi connectivity index (χ0) is 55.1. The van der Waals surface area contributed by atoms with Crippen LogP contribution in [0.25, 0.3) is 0 Å². The summed E-state index contributed by atoms with van der Waals surface area (Å²) >= 11 is 0. The molecule has 0 aromatic heterocycles. The van der Waals surface area contributed by atoms with Crippen molar-refractivity contribution in [1.82, 2.24) is 0 Å². The summed E-state index contributed by atoms with van der Waals surface area (Å²) in [5.74, 6) is -6.63. The number of ether oxygens (including phenoxy) is 10. The molecule has 2 fully saturated rings. The summed E-state index contributed by atoms with van der Waals surface area (Å²) in [5.41, 5.74) is 0.388. The van der Waals surface area contributed by atoms with Gasteiger partial charge in [0, 0.05) is 0 Å². The van der Waals surface area contributed by atoms with Crippen molar-refractivity contribution in [2.45, 2.75) is 61.4 Å². The number of benzene rings is 7. The van der Waals surface area contributed by atoms with E-state index < -0.39 is 116 Å². The van der Waals surface area contributed by atoms with Crippen LogP contribution < -0.4 is 0 Å². The van der Waals surface area contributed by atoms with Crippen LogP contribution in [0.2, 0.25) is 0 Å². The Bertz CT molecular complexity index is 3170. The van der Waals surface area contributed by atoms with Gasteiger partial charge in [-0.05, 0) is 84.9 Å². The van der Waals surface area contributed by atoms with Crippen molar-refractivity contribution in [2.75, 3.05) is 13.2 Å². The summed E-state index contributed by atoms with van der Waals surface area (Å²) in [6.07, 6.45) is -18.2. The van der Waals surface area contributed by atoms with Gasteiger partial charge in [-0.25, -0.2) is 33.6 Å². The quantitative estimate of drug-likeness (QED) is 0.0642. The molecule has 0 amide bonds. The van der Waals surface area contributed by atoms with Crippen LogP contribution in [0.4, 0.5) is 0 Å². The number of carbonyl (C=O) groups excluding carboxylic acids is 7. The topological polar surface area (TPSA) is 232 Å². The molecule has 2 heterocycles. The number of rotatable bonds is 18. The lowest BCUT2D eigenvalue weighted by Gasteiger charge is -2.46.